The predicted octanol–water partition coefficient (Wildman–Crippen LogP) is 5.02. The molecule has 0 saturated carbocycles. The van der Waals surface area contributed by atoms with Gasteiger partial charge in [0.2, 0.25) is 0 Å². The molecule has 2 N–H and O–H groups in total. The number of piperidine rings is 1. The summed E-state index contributed by atoms with van der Waals surface area (Å²) in [5.74, 6) is 0.308. The average molecular weight is 532 g/mol. The number of urea groups is 1. The zero-order valence-electron chi connectivity index (χ0n) is 23.1. The van der Waals surface area contributed by atoms with Crippen LogP contribution in [0.1, 0.15) is 73.0 Å². The third-order valence-electron chi connectivity index (χ3n) is 7.20. The standard InChI is InChI=1S/C30H37N5O4/c1-20-5-8-24(27(36)34-14-11-23(12-15-34)22-9-6-21(18-31)7-10-22)17-26(20)33-28(37)32-25-13-16-35(19-25)29(38)39-30(2,3)4/h5-10,17,23,25H,11-16,19H2,1-4H3,(H2,32,33,37)/t25-/m1/s1. The lowest BCUT2D eigenvalue weighted by atomic mass is 9.89. The summed E-state index contributed by atoms with van der Waals surface area (Å²) in [4.78, 5) is 41.8. The monoisotopic (exact) mass is 531 g/mol. The summed E-state index contributed by atoms with van der Waals surface area (Å²) in [5, 5.41) is 14.8. The molecule has 2 aliphatic rings. The van der Waals surface area contributed by atoms with Crippen molar-refractivity contribution in [1.29, 1.82) is 5.26 Å². The van der Waals surface area contributed by atoms with Crippen molar-refractivity contribution in [2.75, 3.05) is 31.5 Å². The highest BCUT2D eigenvalue weighted by Gasteiger charge is 2.31. The summed E-state index contributed by atoms with van der Waals surface area (Å²) in [7, 11) is 0. The number of nitrogens with zero attached hydrogens (tertiary/aromatic N) is 3. The Hall–Kier alpha value is -4.06. The van der Waals surface area contributed by atoms with Crippen molar-refractivity contribution in [3.63, 3.8) is 0 Å². The largest absolute Gasteiger partial charge is 0.444 e. The molecule has 2 saturated heterocycles. The van der Waals surface area contributed by atoms with Crippen molar-refractivity contribution in [3.05, 3.63) is 64.7 Å². The van der Waals surface area contributed by atoms with Crippen LogP contribution < -0.4 is 10.6 Å². The number of amides is 4. The van der Waals surface area contributed by atoms with E-state index in [0.717, 1.165) is 18.4 Å². The minimum Gasteiger partial charge on any atom is -0.444 e. The van der Waals surface area contributed by atoms with Gasteiger partial charge in [0.1, 0.15) is 5.60 Å². The summed E-state index contributed by atoms with van der Waals surface area (Å²) in [6.45, 7) is 9.56. The van der Waals surface area contributed by atoms with Crippen LogP contribution in [0.4, 0.5) is 15.3 Å². The second kappa shape index (κ2) is 11.8. The zero-order chi connectivity index (χ0) is 28.2. The van der Waals surface area contributed by atoms with Gasteiger partial charge >= 0.3 is 12.1 Å². The molecule has 39 heavy (non-hydrogen) atoms. The fourth-order valence-corrected chi connectivity index (χ4v) is 5.03. The molecule has 206 valence electrons. The van der Waals surface area contributed by atoms with E-state index in [4.69, 9.17) is 10.00 Å². The van der Waals surface area contributed by atoms with Crippen LogP contribution in [0.3, 0.4) is 0 Å². The molecule has 2 aliphatic heterocycles. The highest BCUT2D eigenvalue weighted by atomic mass is 16.6. The molecule has 9 heteroatoms. The van der Waals surface area contributed by atoms with Crippen LogP contribution in [0.15, 0.2) is 42.5 Å². The number of aryl methyl sites for hydroxylation is 1. The number of likely N-dealkylation sites (tertiary alicyclic amines) is 2. The quantitative estimate of drug-likeness (QED) is 0.575. The molecular formula is C30H37N5O4. The number of rotatable bonds is 4. The van der Waals surface area contributed by atoms with Crippen LogP contribution in [-0.2, 0) is 4.74 Å². The molecule has 2 aromatic rings. The highest BCUT2D eigenvalue weighted by molar-refractivity contribution is 5.97. The van der Waals surface area contributed by atoms with E-state index in [0.29, 0.717) is 55.3 Å². The summed E-state index contributed by atoms with van der Waals surface area (Å²) in [6.07, 6.45) is 1.98. The number of benzene rings is 2. The van der Waals surface area contributed by atoms with Gasteiger partial charge in [0.25, 0.3) is 5.91 Å². The maximum atomic E-state index is 13.3. The Balaban J connectivity index is 1.30. The fourth-order valence-electron chi connectivity index (χ4n) is 5.03. The van der Waals surface area contributed by atoms with Crippen LogP contribution in [0.2, 0.25) is 0 Å². The van der Waals surface area contributed by atoms with Crippen LogP contribution in [-0.4, -0.2) is 65.7 Å². The predicted molar refractivity (Wildman–Crippen MR) is 149 cm³/mol. The van der Waals surface area contributed by atoms with E-state index in [-0.39, 0.29) is 24.1 Å². The summed E-state index contributed by atoms with van der Waals surface area (Å²) in [5.41, 5.74) is 3.24. The van der Waals surface area contributed by atoms with Crippen LogP contribution >= 0.6 is 0 Å². The molecule has 0 spiro atoms. The van der Waals surface area contributed by atoms with Crippen LogP contribution in [0.5, 0.6) is 0 Å². The van der Waals surface area contributed by atoms with E-state index in [2.05, 4.69) is 16.7 Å². The van der Waals surface area contributed by atoms with Crippen LogP contribution in [0, 0.1) is 18.3 Å². The molecule has 0 aliphatic carbocycles. The molecule has 2 fully saturated rings. The van der Waals surface area contributed by atoms with Gasteiger partial charge in [-0.25, -0.2) is 9.59 Å². The molecule has 0 radical (unpaired) electrons. The third kappa shape index (κ3) is 7.29. The topological polar surface area (TPSA) is 115 Å². The lowest BCUT2D eigenvalue weighted by Gasteiger charge is -2.32. The Kier molecular flexibility index (Phi) is 8.44. The summed E-state index contributed by atoms with van der Waals surface area (Å²) < 4.78 is 5.42. The zero-order valence-corrected chi connectivity index (χ0v) is 23.1. The van der Waals surface area contributed by atoms with Gasteiger partial charge in [0.05, 0.1) is 11.6 Å². The van der Waals surface area contributed by atoms with Crippen molar-refractivity contribution < 1.29 is 19.1 Å². The second-order valence-electron chi connectivity index (χ2n) is 11.3. The smallest absolute Gasteiger partial charge is 0.410 e. The first-order valence-electron chi connectivity index (χ1n) is 13.5. The van der Waals surface area contributed by atoms with Gasteiger partial charge in [-0.3, -0.25) is 4.79 Å². The molecule has 4 amide bonds. The number of nitriles is 1. The lowest BCUT2D eigenvalue weighted by Crippen LogP contribution is -2.42. The number of hydrogen-bond donors (Lipinski definition) is 2. The van der Waals surface area contributed by atoms with Crippen molar-refractivity contribution in [2.24, 2.45) is 0 Å². The molecule has 4 rings (SSSR count). The maximum Gasteiger partial charge on any atom is 0.410 e. The number of carbonyl (C=O) groups excluding carboxylic acids is 3. The van der Waals surface area contributed by atoms with Crippen molar-refractivity contribution >= 4 is 23.7 Å². The third-order valence-corrected chi connectivity index (χ3v) is 7.20. The fraction of sp³-hybridized carbons (Fsp3) is 0.467. The van der Waals surface area contributed by atoms with Gasteiger partial charge in [-0.2, -0.15) is 5.26 Å². The first-order chi connectivity index (χ1) is 18.5. The first kappa shape index (κ1) is 28.0. The normalized spacial score (nSPS) is 17.9. The number of nitrogens with one attached hydrogen (secondary N) is 2. The van der Waals surface area contributed by atoms with E-state index < -0.39 is 5.60 Å². The van der Waals surface area contributed by atoms with Crippen LogP contribution in [0.25, 0.3) is 0 Å². The highest BCUT2D eigenvalue weighted by Crippen LogP contribution is 2.29. The summed E-state index contributed by atoms with van der Waals surface area (Å²) >= 11 is 0. The molecule has 2 aromatic carbocycles. The second-order valence-corrected chi connectivity index (χ2v) is 11.3. The number of ether oxygens (including phenoxy) is 1. The molecule has 0 unspecified atom stereocenters. The molecule has 1 atom stereocenters. The van der Waals surface area contributed by atoms with Gasteiger partial charge < -0.3 is 25.2 Å². The van der Waals surface area contributed by atoms with Crippen molar-refractivity contribution in [2.45, 2.75) is 64.5 Å². The Morgan fingerprint density at radius 3 is 2.28 bits per heavy atom. The molecule has 2 heterocycles. The first-order valence-corrected chi connectivity index (χ1v) is 13.5. The minimum atomic E-state index is -0.569. The van der Waals surface area contributed by atoms with Gasteiger partial charge in [-0.15, -0.1) is 0 Å². The van der Waals surface area contributed by atoms with Gasteiger partial charge in [-0.1, -0.05) is 18.2 Å². The Bertz CT molecular complexity index is 1250. The van der Waals surface area contributed by atoms with E-state index >= 15 is 0 Å². The number of hydrogen-bond acceptors (Lipinski definition) is 5. The van der Waals surface area contributed by atoms with E-state index in [9.17, 15) is 14.4 Å². The molecule has 0 aromatic heterocycles. The van der Waals surface area contributed by atoms with Crippen molar-refractivity contribution in [3.8, 4) is 6.07 Å². The Morgan fingerprint density at radius 2 is 1.64 bits per heavy atom. The lowest BCUT2D eigenvalue weighted by molar-refractivity contribution is 0.0291. The summed E-state index contributed by atoms with van der Waals surface area (Å²) in [6, 6.07) is 14.6. The van der Waals surface area contributed by atoms with Gasteiger partial charge in [0.15, 0.2) is 0 Å². The van der Waals surface area contributed by atoms with Crippen molar-refractivity contribution in [1.82, 2.24) is 15.1 Å². The van der Waals surface area contributed by atoms with E-state index in [1.807, 2.05) is 62.9 Å². The average Bonchev–Trinajstić information content (AvgIpc) is 3.37. The number of carbonyl (C=O) groups is 3. The van der Waals surface area contributed by atoms with Gasteiger partial charge in [-0.05, 0) is 88.3 Å². The molecular weight excluding hydrogens is 494 g/mol. The minimum absolute atomic E-state index is 0.0551. The van der Waals surface area contributed by atoms with E-state index in [1.165, 1.54) is 5.56 Å². The Morgan fingerprint density at radius 1 is 0.974 bits per heavy atom. The van der Waals surface area contributed by atoms with Gasteiger partial charge in [0, 0.05) is 43.5 Å². The molecule has 0 bridgehead atoms. The number of anilines is 1. The van der Waals surface area contributed by atoms with E-state index in [1.54, 1.807) is 17.0 Å². The molecule has 9 nitrogen and oxygen atoms in total. The maximum absolute atomic E-state index is 13.3. The Labute approximate surface area is 230 Å². The SMILES string of the molecule is Cc1ccc(C(=O)N2CCC(c3ccc(C#N)cc3)CC2)cc1NC(=O)N[C@@H]1CCN(C(=O)OC(C)(C)C)C1.